The second-order valence-electron chi connectivity index (χ2n) is 5.32. The second-order valence-corrected chi connectivity index (χ2v) is 5.32. The van der Waals surface area contributed by atoms with E-state index in [1.54, 1.807) is 6.07 Å². The van der Waals surface area contributed by atoms with Crippen LogP contribution in [-0.2, 0) is 4.74 Å². The number of benzene rings is 1. The SMILES string of the molecule is O=C(O)c1cc2ccccc2nc1NCC1CCOCC1. The predicted octanol–water partition coefficient (Wildman–Crippen LogP) is 2.77. The first-order valence-electron chi connectivity index (χ1n) is 7.19. The van der Waals surface area contributed by atoms with Gasteiger partial charge in [-0.25, -0.2) is 9.78 Å². The zero-order valence-corrected chi connectivity index (χ0v) is 11.7. The maximum Gasteiger partial charge on any atom is 0.339 e. The van der Waals surface area contributed by atoms with Crippen LogP contribution < -0.4 is 5.32 Å². The molecule has 1 saturated heterocycles. The molecule has 0 amide bonds. The molecule has 1 aliphatic heterocycles. The number of hydrogen-bond donors (Lipinski definition) is 2. The molecule has 2 aromatic rings. The monoisotopic (exact) mass is 286 g/mol. The Labute approximate surface area is 123 Å². The van der Waals surface area contributed by atoms with Gasteiger partial charge in [0, 0.05) is 25.1 Å². The van der Waals surface area contributed by atoms with E-state index in [0.29, 0.717) is 11.7 Å². The number of hydrogen-bond acceptors (Lipinski definition) is 4. The van der Waals surface area contributed by atoms with Crippen molar-refractivity contribution >= 4 is 22.7 Å². The summed E-state index contributed by atoms with van der Waals surface area (Å²) in [6, 6.07) is 9.22. The van der Waals surface area contributed by atoms with Crippen molar-refractivity contribution in [1.82, 2.24) is 4.98 Å². The van der Waals surface area contributed by atoms with E-state index in [4.69, 9.17) is 4.74 Å². The molecule has 0 saturated carbocycles. The summed E-state index contributed by atoms with van der Waals surface area (Å²) in [6.45, 7) is 2.29. The molecule has 5 heteroatoms. The molecule has 0 radical (unpaired) electrons. The van der Waals surface area contributed by atoms with E-state index in [1.165, 1.54) is 0 Å². The molecule has 21 heavy (non-hydrogen) atoms. The molecule has 5 nitrogen and oxygen atoms in total. The third-order valence-corrected chi connectivity index (χ3v) is 3.85. The van der Waals surface area contributed by atoms with Gasteiger partial charge in [-0.1, -0.05) is 18.2 Å². The summed E-state index contributed by atoms with van der Waals surface area (Å²) in [4.78, 5) is 15.9. The number of aromatic nitrogens is 1. The summed E-state index contributed by atoms with van der Waals surface area (Å²) < 4.78 is 5.33. The Morgan fingerprint density at radius 3 is 2.86 bits per heavy atom. The highest BCUT2D eigenvalue weighted by Crippen LogP contribution is 2.22. The average Bonchev–Trinajstić information content (AvgIpc) is 2.53. The third-order valence-electron chi connectivity index (χ3n) is 3.85. The van der Waals surface area contributed by atoms with Crippen LogP contribution in [0, 0.1) is 5.92 Å². The lowest BCUT2D eigenvalue weighted by Gasteiger charge is -2.22. The lowest BCUT2D eigenvalue weighted by molar-refractivity contribution is 0.0688. The smallest absolute Gasteiger partial charge is 0.339 e. The van der Waals surface area contributed by atoms with E-state index in [0.717, 1.165) is 43.5 Å². The van der Waals surface area contributed by atoms with Crippen LogP contribution in [0.1, 0.15) is 23.2 Å². The summed E-state index contributed by atoms with van der Waals surface area (Å²) in [6.07, 6.45) is 2.01. The van der Waals surface area contributed by atoms with E-state index in [1.807, 2.05) is 24.3 Å². The number of ether oxygens (including phenoxy) is 1. The molecule has 0 spiro atoms. The molecule has 0 aliphatic carbocycles. The highest BCUT2D eigenvalue weighted by atomic mass is 16.5. The molecule has 0 atom stereocenters. The van der Waals surface area contributed by atoms with Gasteiger partial charge in [0.15, 0.2) is 0 Å². The van der Waals surface area contributed by atoms with Crippen molar-refractivity contribution in [3.63, 3.8) is 0 Å². The van der Waals surface area contributed by atoms with Gasteiger partial charge in [-0.2, -0.15) is 0 Å². The number of fused-ring (bicyclic) bond motifs is 1. The van der Waals surface area contributed by atoms with Gasteiger partial charge in [-0.15, -0.1) is 0 Å². The summed E-state index contributed by atoms with van der Waals surface area (Å²) in [5.74, 6) is 0.00378. The Kier molecular flexibility index (Phi) is 4.01. The maximum absolute atomic E-state index is 11.4. The van der Waals surface area contributed by atoms with Crippen LogP contribution in [0.4, 0.5) is 5.82 Å². The van der Waals surface area contributed by atoms with E-state index >= 15 is 0 Å². The molecule has 3 rings (SSSR count). The first-order chi connectivity index (χ1) is 10.2. The van der Waals surface area contributed by atoms with Gasteiger partial charge < -0.3 is 15.2 Å². The van der Waals surface area contributed by atoms with Crippen molar-refractivity contribution in [1.29, 1.82) is 0 Å². The van der Waals surface area contributed by atoms with Gasteiger partial charge in [0.05, 0.1) is 5.52 Å². The van der Waals surface area contributed by atoms with Gasteiger partial charge in [0.2, 0.25) is 0 Å². The van der Waals surface area contributed by atoms with Crippen molar-refractivity contribution < 1.29 is 14.6 Å². The number of carboxylic acids is 1. The lowest BCUT2D eigenvalue weighted by atomic mass is 10.0. The normalized spacial score (nSPS) is 16.0. The molecule has 1 aliphatic rings. The molecule has 2 heterocycles. The van der Waals surface area contributed by atoms with Crippen molar-refractivity contribution in [2.45, 2.75) is 12.8 Å². The number of nitrogens with zero attached hydrogens (tertiary/aromatic N) is 1. The second kappa shape index (κ2) is 6.10. The summed E-state index contributed by atoms with van der Waals surface area (Å²) in [5.41, 5.74) is 1.03. The minimum Gasteiger partial charge on any atom is -0.478 e. The van der Waals surface area contributed by atoms with Crippen LogP contribution in [0.15, 0.2) is 30.3 Å². The van der Waals surface area contributed by atoms with E-state index < -0.39 is 5.97 Å². The van der Waals surface area contributed by atoms with Gasteiger partial charge in [-0.3, -0.25) is 0 Å². The Morgan fingerprint density at radius 2 is 2.10 bits per heavy atom. The summed E-state index contributed by atoms with van der Waals surface area (Å²) in [5, 5.41) is 13.4. The van der Waals surface area contributed by atoms with Gasteiger partial charge in [0.1, 0.15) is 11.4 Å². The molecular weight excluding hydrogens is 268 g/mol. The van der Waals surface area contributed by atoms with Crippen molar-refractivity contribution in [3.8, 4) is 0 Å². The van der Waals surface area contributed by atoms with E-state index in [9.17, 15) is 9.90 Å². The zero-order chi connectivity index (χ0) is 14.7. The number of aromatic carboxylic acids is 1. The first-order valence-corrected chi connectivity index (χ1v) is 7.19. The standard InChI is InChI=1S/C16H18N2O3/c19-16(20)13-9-12-3-1-2-4-14(12)18-15(13)17-10-11-5-7-21-8-6-11/h1-4,9,11H,5-8,10H2,(H,17,18)(H,19,20). The molecule has 1 fully saturated rings. The topological polar surface area (TPSA) is 71.5 Å². The Balaban J connectivity index is 1.84. The van der Waals surface area contributed by atoms with Crippen LogP contribution in [0.3, 0.4) is 0 Å². The minimum atomic E-state index is -0.956. The fourth-order valence-corrected chi connectivity index (χ4v) is 2.61. The van der Waals surface area contributed by atoms with Crippen LogP contribution in [-0.4, -0.2) is 35.8 Å². The number of nitrogens with one attached hydrogen (secondary N) is 1. The number of carbonyl (C=O) groups is 1. The largest absolute Gasteiger partial charge is 0.478 e. The molecule has 2 N–H and O–H groups in total. The Hall–Kier alpha value is -2.14. The molecule has 110 valence electrons. The number of pyridine rings is 1. The van der Waals surface area contributed by atoms with Gasteiger partial charge in [-0.05, 0) is 30.9 Å². The van der Waals surface area contributed by atoms with Crippen molar-refractivity contribution in [2.75, 3.05) is 25.1 Å². The van der Waals surface area contributed by atoms with Gasteiger partial charge in [0.25, 0.3) is 0 Å². The van der Waals surface area contributed by atoms with Crippen LogP contribution in [0.25, 0.3) is 10.9 Å². The predicted molar refractivity (Wildman–Crippen MR) is 80.7 cm³/mol. The number of rotatable bonds is 4. The number of carboxylic acid groups (broad SMARTS) is 1. The highest BCUT2D eigenvalue weighted by molar-refractivity contribution is 5.98. The number of anilines is 1. The minimum absolute atomic E-state index is 0.223. The van der Waals surface area contributed by atoms with Crippen LogP contribution >= 0.6 is 0 Å². The quantitative estimate of drug-likeness (QED) is 0.904. The molecule has 0 bridgehead atoms. The molecule has 0 unspecified atom stereocenters. The fourth-order valence-electron chi connectivity index (χ4n) is 2.61. The maximum atomic E-state index is 11.4. The third kappa shape index (κ3) is 3.13. The van der Waals surface area contributed by atoms with Crippen molar-refractivity contribution in [2.24, 2.45) is 5.92 Å². The van der Waals surface area contributed by atoms with Crippen molar-refractivity contribution in [3.05, 3.63) is 35.9 Å². The van der Waals surface area contributed by atoms with Crippen LogP contribution in [0.5, 0.6) is 0 Å². The Bertz CT molecular complexity index is 651. The lowest BCUT2D eigenvalue weighted by Crippen LogP contribution is -2.23. The summed E-state index contributed by atoms with van der Waals surface area (Å²) in [7, 11) is 0. The van der Waals surface area contributed by atoms with Gasteiger partial charge >= 0.3 is 5.97 Å². The first kappa shape index (κ1) is 13.8. The average molecular weight is 286 g/mol. The molecular formula is C16H18N2O3. The molecule has 1 aromatic carbocycles. The summed E-state index contributed by atoms with van der Waals surface area (Å²) >= 11 is 0. The Morgan fingerprint density at radius 1 is 1.33 bits per heavy atom. The zero-order valence-electron chi connectivity index (χ0n) is 11.7. The van der Waals surface area contributed by atoms with E-state index in [-0.39, 0.29) is 5.56 Å². The number of para-hydroxylation sites is 1. The molecule has 1 aromatic heterocycles. The highest BCUT2D eigenvalue weighted by Gasteiger charge is 2.17. The fraction of sp³-hybridized carbons (Fsp3) is 0.375. The van der Waals surface area contributed by atoms with Crippen LogP contribution in [0.2, 0.25) is 0 Å². The van der Waals surface area contributed by atoms with E-state index in [2.05, 4.69) is 10.3 Å².